The van der Waals surface area contributed by atoms with Gasteiger partial charge in [-0.25, -0.2) is 0 Å². The van der Waals surface area contributed by atoms with E-state index in [9.17, 15) is 4.79 Å². The molecule has 1 aliphatic rings. The fourth-order valence-electron chi connectivity index (χ4n) is 1.58. The fourth-order valence-corrected chi connectivity index (χ4v) is 3.78. The minimum Gasteiger partial charge on any atom is -0.389 e. The molecule has 17 heavy (non-hydrogen) atoms. The van der Waals surface area contributed by atoms with Crippen LogP contribution >= 0.6 is 23.1 Å². The summed E-state index contributed by atoms with van der Waals surface area (Å²) in [5.41, 5.74) is 0. The number of thiophene rings is 1. The predicted octanol–water partition coefficient (Wildman–Crippen LogP) is 2.53. The first-order chi connectivity index (χ1) is 8.24. The zero-order chi connectivity index (χ0) is 12.3. The highest BCUT2D eigenvalue weighted by molar-refractivity contribution is 8.10. The van der Waals surface area contributed by atoms with Gasteiger partial charge in [-0.2, -0.15) is 0 Å². The minimum absolute atomic E-state index is 0.0913. The number of aliphatic hydroxyl groups excluding tert-OH is 1. The second-order valence-electron chi connectivity index (χ2n) is 3.57. The molecule has 0 aliphatic carbocycles. The SMILES string of the molecule is CC#Cc1ccc(C2=CC[C@@H](C(=O)CO)S2)s1. The molecule has 1 aromatic heterocycles. The number of thioether (sulfide) groups is 1. The van der Waals surface area contributed by atoms with Gasteiger partial charge >= 0.3 is 0 Å². The largest absolute Gasteiger partial charge is 0.389 e. The van der Waals surface area contributed by atoms with Crippen molar-refractivity contribution in [2.24, 2.45) is 0 Å². The van der Waals surface area contributed by atoms with Gasteiger partial charge in [-0.05, 0) is 25.5 Å². The Morgan fingerprint density at radius 1 is 1.59 bits per heavy atom. The maximum absolute atomic E-state index is 11.4. The monoisotopic (exact) mass is 264 g/mol. The van der Waals surface area contributed by atoms with Crippen LogP contribution in [0.25, 0.3) is 4.91 Å². The third-order valence-corrected chi connectivity index (χ3v) is 4.94. The summed E-state index contributed by atoms with van der Waals surface area (Å²) in [4.78, 5) is 14.7. The van der Waals surface area contributed by atoms with Crippen molar-refractivity contribution < 1.29 is 9.90 Å². The zero-order valence-corrected chi connectivity index (χ0v) is 11.0. The number of aliphatic hydroxyl groups is 1. The highest BCUT2D eigenvalue weighted by atomic mass is 32.2. The van der Waals surface area contributed by atoms with E-state index in [1.807, 2.05) is 19.1 Å². The lowest BCUT2D eigenvalue weighted by molar-refractivity contribution is -0.121. The van der Waals surface area contributed by atoms with Crippen LogP contribution in [0.2, 0.25) is 0 Å². The number of hydrogen-bond acceptors (Lipinski definition) is 4. The number of carbonyl (C=O) groups is 1. The standard InChI is InChI=1S/C13H12O2S2/c1-2-3-9-4-5-12(16-9)13-7-6-11(17-13)10(15)8-14/h4-5,7,11,14H,6,8H2,1H3/t11-/m0/s1. The van der Waals surface area contributed by atoms with Crippen LogP contribution in [0.3, 0.4) is 0 Å². The summed E-state index contributed by atoms with van der Waals surface area (Å²) < 4.78 is 0. The lowest BCUT2D eigenvalue weighted by Crippen LogP contribution is -2.17. The van der Waals surface area contributed by atoms with Crippen molar-refractivity contribution in [2.45, 2.75) is 18.6 Å². The molecule has 2 heterocycles. The lowest BCUT2D eigenvalue weighted by atomic mass is 10.2. The van der Waals surface area contributed by atoms with Gasteiger partial charge in [0.05, 0.1) is 10.1 Å². The molecule has 0 fully saturated rings. The molecule has 1 aromatic rings. The predicted molar refractivity (Wildman–Crippen MR) is 72.9 cm³/mol. The highest BCUT2D eigenvalue weighted by Gasteiger charge is 2.25. The van der Waals surface area contributed by atoms with Crippen molar-refractivity contribution >= 4 is 33.8 Å². The third kappa shape index (κ3) is 2.81. The molecule has 0 spiro atoms. The average molecular weight is 264 g/mol. The summed E-state index contributed by atoms with van der Waals surface area (Å²) in [6.07, 6.45) is 2.78. The van der Waals surface area contributed by atoms with E-state index in [4.69, 9.17) is 5.11 Å². The van der Waals surface area contributed by atoms with E-state index in [0.29, 0.717) is 6.42 Å². The van der Waals surface area contributed by atoms with E-state index < -0.39 is 0 Å². The molecule has 1 aliphatic heterocycles. The maximum Gasteiger partial charge on any atom is 0.171 e. The quantitative estimate of drug-likeness (QED) is 0.852. The van der Waals surface area contributed by atoms with E-state index in [0.717, 1.165) is 14.7 Å². The Hall–Kier alpha value is -1.02. The summed E-state index contributed by atoms with van der Waals surface area (Å²) >= 11 is 3.18. The molecule has 1 atom stereocenters. The Bertz CT molecular complexity index is 517. The van der Waals surface area contributed by atoms with Crippen molar-refractivity contribution in [3.05, 3.63) is 28.0 Å². The molecule has 0 saturated carbocycles. The van der Waals surface area contributed by atoms with Crippen molar-refractivity contribution in [1.29, 1.82) is 0 Å². The van der Waals surface area contributed by atoms with Crippen LogP contribution in [-0.2, 0) is 4.79 Å². The first-order valence-corrected chi connectivity index (χ1v) is 6.97. The normalized spacial score (nSPS) is 18.5. The Balaban J connectivity index is 2.08. The van der Waals surface area contributed by atoms with Gasteiger partial charge in [0.25, 0.3) is 0 Å². The first kappa shape index (κ1) is 12.4. The van der Waals surface area contributed by atoms with Crippen LogP contribution < -0.4 is 0 Å². The molecule has 88 valence electrons. The van der Waals surface area contributed by atoms with E-state index in [-0.39, 0.29) is 17.6 Å². The Kier molecular flexibility index (Phi) is 4.06. The van der Waals surface area contributed by atoms with Crippen molar-refractivity contribution in [2.75, 3.05) is 6.61 Å². The Labute approximate surface area is 109 Å². The molecule has 0 saturated heterocycles. The van der Waals surface area contributed by atoms with E-state index in [2.05, 4.69) is 17.9 Å². The van der Waals surface area contributed by atoms with Crippen LogP contribution in [0.15, 0.2) is 18.2 Å². The highest BCUT2D eigenvalue weighted by Crippen LogP contribution is 2.41. The van der Waals surface area contributed by atoms with Crippen LogP contribution in [0.5, 0.6) is 0 Å². The van der Waals surface area contributed by atoms with Crippen LogP contribution in [0.4, 0.5) is 0 Å². The smallest absolute Gasteiger partial charge is 0.171 e. The summed E-state index contributed by atoms with van der Waals surface area (Å²) in [6.45, 7) is 1.45. The molecule has 0 amide bonds. The molecule has 0 unspecified atom stereocenters. The van der Waals surface area contributed by atoms with Gasteiger partial charge in [-0.1, -0.05) is 12.0 Å². The topological polar surface area (TPSA) is 37.3 Å². The second-order valence-corrected chi connectivity index (χ2v) is 5.90. The van der Waals surface area contributed by atoms with Crippen LogP contribution in [0, 0.1) is 11.8 Å². The van der Waals surface area contributed by atoms with Gasteiger partial charge in [0.1, 0.15) is 6.61 Å². The molecular weight excluding hydrogens is 252 g/mol. The molecule has 2 rings (SSSR count). The number of ketones is 1. The van der Waals surface area contributed by atoms with Gasteiger partial charge in [0.15, 0.2) is 5.78 Å². The van der Waals surface area contributed by atoms with Gasteiger partial charge in [0.2, 0.25) is 0 Å². The number of Topliss-reactive ketones (excluding diaryl/α,β-unsaturated/α-hetero) is 1. The molecule has 1 N–H and O–H groups in total. The number of allylic oxidation sites excluding steroid dienone is 1. The molecule has 0 aromatic carbocycles. The van der Waals surface area contributed by atoms with Crippen molar-refractivity contribution in [3.8, 4) is 11.8 Å². The number of carbonyl (C=O) groups excluding carboxylic acids is 1. The van der Waals surface area contributed by atoms with Gasteiger partial charge in [-0.15, -0.1) is 29.0 Å². The van der Waals surface area contributed by atoms with E-state index >= 15 is 0 Å². The second kappa shape index (κ2) is 5.54. The summed E-state index contributed by atoms with van der Waals surface area (Å²) in [5, 5.41) is 8.71. The average Bonchev–Trinajstić information content (AvgIpc) is 2.96. The van der Waals surface area contributed by atoms with E-state index in [1.54, 1.807) is 23.1 Å². The zero-order valence-electron chi connectivity index (χ0n) is 9.40. The Morgan fingerprint density at radius 2 is 2.41 bits per heavy atom. The number of hydrogen-bond donors (Lipinski definition) is 1. The molecule has 0 radical (unpaired) electrons. The fraction of sp³-hybridized carbons (Fsp3) is 0.308. The summed E-state index contributed by atoms with van der Waals surface area (Å²) in [5.74, 6) is 5.80. The number of rotatable bonds is 3. The maximum atomic E-state index is 11.4. The van der Waals surface area contributed by atoms with Crippen LogP contribution in [0.1, 0.15) is 23.1 Å². The molecular formula is C13H12O2S2. The minimum atomic E-state index is -0.365. The van der Waals surface area contributed by atoms with E-state index in [1.165, 1.54) is 0 Å². The molecule has 4 heteroatoms. The van der Waals surface area contributed by atoms with Crippen LogP contribution in [-0.4, -0.2) is 22.7 Å². The molecule has 2 nitrogen and oxygen atoms in total. The van der Waals surface area contributed by atoms with Gasteiger partial charge in [-0.3, -0.25) is 4.79 Å². The summed E-state index contributed by atoms with van der Waals surface area (Å²) in [7, 11) is 0. The van der Waals surface area contributed by atoms with Gasteiger partial charge in [0, 0.05) is 9.78 Å². The first-order valence-electron chi connectivity index (χ1n) is 5.28. The Morgan fingerprint density at radius 3 is 3.12 bits per heavy atom. The summed E-state index contributed by atoms with van der Waals surface area (Å²) in [6, 6.07) is 4.04. The van der Waals surface area contributed by atoms with Crippen molar-refractivity contribution in [3.63, 3.8) is 0 Å². The lowest BCUT2D eigenvalue weighted by Gasteiger charge is -2.05. The molecule has 0 bridgehead atoms. The van der Waals surface area contributed by atoms with Crippen molar-refractivity contribution in [1.82, 2.24) is 0 Å². The van der Waals surface area contributed by atoms with Gasteiger partial charge < -0.3 is 5.11 Å². The third-order valence-electron chi connectivity index (χ3n) is 2.40.